The summed E-state index contributed by atoms with van der Waals surface area (Å²) in [7, 11) is 0. The summed E-state index contributed by atoms with van der Waals surface area (Å²) >= 11 is 0. The summed E-state index contributed by atoms with van der Waals surface area (Å²) < 4.78 is 5.18. The number of amides is 2. The highest BCUT2D eigenvalue weighted by molar-refractivity contribution is 6.00. The van der Waals surface area contributed by atoms with Crippen LogP contribution in [0.25, 0.3) is 0 Å². The van der Waals surface area contributed by atoms with Crippen LogP contribution in [0.2, 0.25) is 0 Å². The van der Waals surface area contributed by atoms with Gasteiger partial charge in [0.2, 0.25) is 5.91 Å². The zero-order valence-corrected chi connectivity index (χ0v) is 17.6. The molecule has 1 saturated carbocycles. The van der Waals surface area contributed by atoms with Gasteiger partial charge in [0.25, 0.3) is 5.91 Å². The normalized spacial score (nSPS) is 21.2. The number of esters is 1. The number of benzene rings is 1. The maximum absolute atomic E-state index is 12.6. The molecule has 0 bridgehead atoms. The Bertz CT molecular complexity index is 854. The molecule has 7 nitrogen and oxygen atoms in total. The Kier molecular flexibility index (Phi) is 6.76. The molecule has 0 spiro atoms. The molecule has 0 radical (unpaired) electrons. The molecular weight excluding hydrogens is 382 g/mol. The standard InChI is InChI=1S/C23H29N3O4/c1-3-16(2)18-8-4-5-9-19(18)26-13-17(12-21(26)28)22(29)30-14-20(27)25-23(15-24)10-6-7-11-23/h4-5,8-9,16-17H,3,6-7,10-14H2,1-2H3,(H,25,27)/t16-,17-/m0/s1. The minimum absolute atomic E-state index is 0.0669. The Labute approximate surface area is 177 Å². The van der Waals surface area contributed by atoms with E-state index in [1.54, 1.807) is 4.90 Å². The van der Waals surface area contributed by atoms with E-state index in [0.717, 1.165) is 30.5 Å². The minimum Gasteiger partial charge on any atom is -0.455 e. The summed E-state index contributed by atoms with van der Waals surface area (Å²) in [5.41, 5.74) is 1.07. The number of ether oxygens (including phenoxy) is 1. The average Bonchev–Trinajstić information content (AvgIpc) is 3.38. The SMILES string of the molecule is CC[C@H](C)c1ccccc1N1C[C@@H](C(=O)OCC(=O)NC2(C#N)CCCC2)CC1=O. The van der Waals surface area contributed by atoms with Crippen molar-refractivity contribution >= 4 is 23.5 Å². The molecule has 1 saturated heterocycles. The van der Waals surface area contributed by atoms with E-state index in [-0.39, 0.29) is 18.9 Å². The summed E-state index contributed by atoms with van der Waals surface area (Å²) in [6.07, 6.45) is 4.04. The highest BCUT2D eigenvalue weighted by Crippen LogP contribution is 2.34. The quantitative estimate of drug-likeness (QED) is 0.695. The number of carbonyl (C=O) groups is 3. The first-order valence-corrected chi connectivity index (χ1v) is 10.7. The molecule has 1 aliphatic carbocycles. The predicted molar refractivity (Wildman–Crippen MR) is 112 cm³/mol. The Morgan fingerprint density at radius 2 is 2.03 bits per heavy atom. The van der Waals surface area contributed by atoms with Gasteiger partial charge in [-0.1, -0.05) is 32.0 Å². The number of anilines is 1. The van der Waals surface area contributed by atoms with Crippen molar-refractivity contribution in [2.75, 3.05) is 18.1 Å². The van der Waals surface area contributed by atoms with E-state index in [2.05, 4.69) is 25.2 Å². The number of para-hydroxylation sites is 1. The largest absolute Gasteiger partial charge is 0.455 e. The summed E-state index contributed by atoms with van der Waals surface area (Å²) in [6.45, 7) is 4.02. The van der Waals surface area contributed by atoms with Gasteiger partial charge < -0.3 is 15.0 Å². The molecule has 160 valence electrons. The number of hydrogen-bond donors (Lipinski definition) is 1. The van der Waals surface area contributed by atoms with Crippen LogP contribution in [0.4, 0.5) is 5.69 Å². The van der Waals surface area contributed by atoms with E-state index in [4.69, 9.17) is 4.74 Å². The van der Waals surface area contributed by atoms with Crippen molar-refractivity contribution in [1.29, 1.82) is 5.26 Å². The van der Waals surface area contributed by atoms with Gasteiger partial charge in [-0.2, -0.15) is 5.26 Å². The van der Waals surface area contributed by atoms with Gasteiger partial charge in [-0.25, -0.2) is 0 Å². The zero-order valence-electron chi connectivity index (χ0n) is 17.6. The molecule has 2 fully saturated rings. The fraction of sp³-hybridized carbons (Fsp3) is 0.565. The zero-order chi connectivity index (χ0) is 21.7. The van der Waals surface area contributed by atoms with Crippen molar-refractivity contribution in [2.45, 2.75) is 63.8 Å². The van der Waals surface area contributed by atoms with E-state index in [0.29, 0.717) is 18.8 Å². The number of carbonyl (C=O) groups excluding carboxylic acids is 3. The molecule has 1 N–H and O–H groups in total. The van der Waals surface area contributed by atoms with Gasteiger partial charge in [0.1, 0.15) is 5.54 Å². The van der Waals surface area contributed by atoms with Crippen molar-refractivity contribution in [2.24, 2.45) is 5.92 Å². The monoisotopic (exact) mass is 411 g/mol. The second-order valence-electron chi connectivity index (χ2n) is 8.33. The van der Waals surface area contributed by atoms with Crippen LogP contribution in [0.5, 0.6) is 0 Å². The van der Waals surface area contributed by atoms with Crippen molar-refractivity contribution in [3.63, 3.8) is 0 Å². The van der Waals surface area contributed by atoms with E-state index < -0.39 is 29.9 Å². The Hall–Kier alpha value is -2.88. The van der Waals surface area contributed by atoms with E-state index in [1.807, 2.05) is 24.3 Å². The third kappa shape index (κ3) is 4.64. The molecule has 7 heteroatoms. The van der Waals surface area contributed by atoms with Crippen LogP contribution in [-0.2, 0) is 19.1 Å². The molecule has 2 aliphatic rings. The van der Waals surface area contributed by atoms with Crippen molar-refractivity contribution in [1.82, 2.24) is 5.32 Å². The highest BCUT2D eigenvalue weighted by atomic mass is 16.5. The first-order chi connectivity index (χ1) is 14.4. The van der Waals surface area contributed by atoms with Gasteiger partial charge in [-0.15, -0.1) is 0 Å². The molecule has 2 amide bonds. The van der Waals surface area contributed by atoms with Crippen LogP contribution >= 0.6 is 0 Å². The number of nitriles is 1. The van der Waals surface area contributed by atoms with Crippen LogP contribution in [-0.4, -0.2) is 36.5 Å². The third-order valence-corrected chi connectivity index (χ3v) is 6.22. The highest BCUT2D eigenvalue weighted by Gasteiger charge is 2.38. The van der Waals surface area contributed by atoms with Gasteiger partial charge in [-0.05, 0) is 49.7 Å². The second kappa shape index (κ2) is 9.29. The van der Waals surface area contributed by atoms with Gasteiger partial charge in [0.05, 0.1) is 12.0 Å². The van der Waals surface area contributed by atoms with Crippen molar-refractivity contribution in [3.8, 4) is 6.07 Å². The fourth-order valence-corrected chi connectivity index (χ4v) is 4.27. The van der Waals surface area contributed by atoms with Crippen LogP contribution < -0.4 is 10.2 Å². The van der Waals surface area contributed by atoms with E-state index in [1.165, 1.54) is 0 Å². The van der Waals surface area contributed by atoms with Gasteiger partial charge >= 0.3 is 5.97 Å². The van der Waals surface area contributed by atoms with Crippen LogP contribution in [0.3, 0.4) is 0 Å². The topological polar surface area (TPSA) is 99.5 Å². The maximum atomic E-state index is 12.6. The van der Waals surface area contributed by atoms with E-state index >= 15 is 0 Å². The van der Waals surface area contributed by atoms with Gasteiger partial charge in [-0.3, -0.25) is 14.4 Å². The lowest BCUT2D eigenvalue weighted by Crippen LogP contribution is -2.47. The summed E-state index contributed by atoms with van der Waals surface area (Å²) in [5.74, 6) is -1.46. The molecular formula is C23H29N3O4. The van der Waals surface area contributed by atoms with Crippen LogP contribution in [0.1, 0.15) is 63.9 Å². The van der Waals surface area contributed by atoms with Crippen molar-refractivity contribution < 1.29 is 19.1 Å². The van der Waals surface area contributed by atoms with Crippen molar-refractivity contribution in [3.05, 3.63) is 29.8 Å². The molecule has 1 aliphatic heterocycles. The Morgan fingerprint density at radius 3 is 2.70 bits per heavy atom. The van der Waals surface area contributed by atoms with Crippen LogP contribution in [0.15, 0.2) is 24.3 Å². The summed E-state index contributed by atoms with van der Waals surface area (Å²) in [5, 5.41) is 12.0. The molecule has 1 heterocycles. The molecule has 1 aromatic carbocycles. The maximum Gasteiger partial charge on any atom is 0.311 e. The number of nitrogens with one attached hydrogen (secondary N) is 1. The lowest BCUT2D eigenvalue weighted by Gasteiger charge is -2.23. The summed E-state index contributed by atoms with van der Waals surface area (Å²) in [4.78, 5) is 38.9. The lowest BCUT2D eigenvalue weighted by molar-refractivity contribution is -0.152. The van der Waals surface area contributed by atoms with Crippen LogP contribution in [0, 0.1) is 17.2 Å². The summed E-state index contributed by atoms with van der Waals surface area (Å²) in [6, 6.07) is 9.94. The first kappa shape index (κ1) is 21.8. The van der Waals surface area contributed by atoms with Gasteiger partial charge in [0, 0.05) is 18.7 Å². The lowest BCUT2D eigenvalue weighted by atomic mass is 9.96. The fourth-order valence-electron chi connectivity index (χ4n) is 4.27. The average molecular weight is 412 g/mol. The Morgan fingerprint density at radius 1 is 1.33 bits per heavy atom. The molecule has 0 aromatic heterocycles. The minimum atomic E-state index is -0.844. The second-order valence-corrected chi connectivity index (χ2v) is 8.33. The molecule has 1 aromatic rings. The number of rotatable bonds is 7. The van der Waals surface area contributed by atoms with E-state index in [9.17, 15) is 19.6 Å². The Balaban J connectivity index is 1.58. The third-order valence-electron chi connectivity index (χ3n) is 6.22. The smallest absolute Gasteiger partial charge is 0.311 e. The van der Waals surface area contributed by atoms with Gasteiger partial charge in [0.15, 0.2) is 6.61 Å². The molecule has 3 rings (SSSR count). The molecule has 0 unspecified atom stereocenters. The molecule has 30 heavy (non-hydrogen) atoms. The number of hydrogen-bond acceptors (Lipinski definition) is 5. The molecule has 2 atom stereocenters. The number of nitrogens with zero attached hydrogens (tertiary/aromatic N) is 2. The first-order valence-electron chi connectivity index (χ1n) is 10.7. The predicted octanol–water partition coefficient (Wildman–Crippen LogP) is 3.05.